The molecule has 0 radical (unpaired) electrons. The van der Waals surface area contributed by atoms with Crippen LogP contribution in [-0.4, -0.2) is 69.2 Å². The number of nitrogens with one attached hydrogen (secondary N) is 2. The second-order valence-corrected chi connectivity index (χ2v) is 8.85. The molecule has 35 heavy (non-hydrogen) atoms. The Morgan fingerprint density at radius 1 is 1.03 bits per heavy atom. The van der Waals surface area contributed by atoms with Crippen molar-refractivity contribution >= 4 is 18.0 Å². The molecule has 1 aliphatic heterocycles. The highest BCUT2D eigenvalue weighted by molar-refractivity contribution is 5.83. The van der Waals surface area contributed by atoms with E-state index in [1.165, 1.54) is 7.11 Å². The van der Waals surface area contributed by atoms with Crippen LogP contribution in [0.15, 0.2) is 48.5 Å². The van der Waals surface area contributed by atoms with Crippen LogP contribution >= 0.6 is 0 Å². The van der Waals surface area contributed by atoms with E-state index in [4.69, 9.17) is 14.2 Å². The topological polar surface area (TPSA) is 123 Å². The lowest BCUT2D eigenvalue weighted by molar-refractivity contribution is -0.155. The number of carbonyl (C=O) groups is 3. The molecule has 4 rings (SSSR count). The van der Waals surface area contributed by atoms with Crippen LogP contribution in [0.25, 0.3) is 11.1 Å². The highest BCUT2D eigenvalue weighted by atomic mass is 16.5. The molecule has 3 N–H and O–H groups in total. The van der Waals surface area contributed by atoms with Crippen LogP contribution in [0.2, 0.25) is 0 Å². The largest absolute Gasteiger partial charge is 0.481 e. The number of carbonyl (C=O) groups excluding carboxylic acids is 2. The molecule has 2 aromatic rings. The molecule has 2 aromatic carbocycles. The number of amides is 2. The number of hydrogen-bond acceptors (Lipinski definition) is 6. The van der Waals surface area contributed by atoms with Gasteiger partial charge >= 0.3 is 12.1 Å². The van der Waals surface area contributed by atoms with E-state index in [-0.39, 0.29) is 25.6 Å². The van der Waals surface area contributed by atoms with Crippen molar-refractivity contribution in [3.8, 4) is 11.1 Å². The highest BCUT2D eigenvalue weighted by Gasteiger charge is 2.41. The van der Waals surface area contributed by atoms with Gasteiger partial charge in [-0.1, -0.05) is 48.5 Å². The average molecular weight is 483 g/mol. The second-order valence-electron chi connectivity index (χ2n) is 8.85. The molecule has 2 amide bonds. The quantitative estimate of drug-likeness (QED) is 0.502. The summed E-state index contributed by atoms with van der Waals surface area (Å²) in [7, 11) is 1.35. The number of benzene rings is 2. The van der Waals surface area contributed by atoms with Crippen molar-refractivity contribution in [2.75, 3.05) is 40.0 Å². The third-order valence-electron chi connectivity index (χ3n) is 6.86. The van der Waals surface area contributed by atoms with Gasteiger partial charge in [0.1, 0.15) is 6.61 Å². The number of ether oxygens (including phenoxy) is 3. The molecular formula is C26H30N2O7. The standard InChI is InChI=1S/C26H30N2O7/c1-33-22(23(29)28-16-26(24(30)31)10-12-34-13-11-26)14-27-25(32)35-15-21-19-8-4-2-6-17(19)18-7-3-5-9-20(18)21/h2-9,21-22H,10-16H2,1H3,(H,27,32)(H,28,29)(H,30,31). The van der Waals surface area contributed by atoms with Crippen molar-refractivity contribution in [2.45, 2.75) is 24.9 Å². The highest BCUT2D eigenvalue weighted by Crippen LogP contribution is 2.44. The summed E-state index contributed by atoms with van der Waals surface area (Å²) in [5.74, 6) is -1.54. The first-order chi connectivity index (χ1) is 16.9. The Kier molecular flexibility index (Phi) is 7.67. The monoisotopic (exact) mass is 482 g/mol. The zero-order valence-corrected chi connectivity index (χ0v) is 19.6. The molecule has 1 saturated heterocycles. The SMILES string of the molecule is COC(CNC(=O)OCC1c2ccccc2-c2ccccc21)C(=O)NCC1(C(=O)O)CCOCC1. The minimum absolute atomic E-state index is 0.0324. The third kappa shape index (κ3) is 5.31. The van der Waals surface area contributed by atoms with Crippen LogP contribution in [0.4, 0.5) is 4.79 Å². The van der Waals surface area contributed by atoms with Crippen LogP contribution in [0.1, 0.15) is 29.9 Å². The van der Waals surface area contributed by atoms with Gasteiger partial charge in [-0.25, -0.2) is 4.79 Å². The fraction of sp³-hybridized carbons (Fsp3) is 0.423. The van der Waals surface area contributed by atoms with Gasteiger partial charge < -0.3 is 30.0 Å². The predicted molar refractivity (Wildman–Crippen MR) is 127 cm³/mol. The van der Waals surface area contributed by atoms with Crippen LogP contribution in [0.5, 0.6) is 0 Å². The molecule has 1 atom stereocenters. The summed E-state index contributed by atoms with van der Waals surface area (Å²) in [6, 6.07) is 16.1. The van der Waals surface area contributed by atoms with Crippen molar-refractivity contribution in [1.29, 1.82) is 0 Å². The zero-order chi connectivity index (χ0) is 24.8. The number of carboxylic acids is 1. The van der Waals surface area contributed by atoms with Crippen LogP contribution in [0, 0.1) is 5.41 Å². The normalized spacial score (nSPS) is 17.1. The number of methoxy groups -OCH3 is 1. The van der Waals surface area contributed by atoms with Gasteiger partial charge in [0.05, 0.1) is 12.0 Å². The van der Waals surface area contributed by atoms with Gasteiger partial charge in [0.25, 0.3) is 5.91 Å². The van der Waals surface area contributed by atoms with Crippen LogP contribution < -0.4 is 10.6 Å². The van der Waals surface area contributed by atoms with Gasteiger partial charge in [0.2, 0.25) is 0 Å². The molecule has 2 aliphatic rings. The van der Waals surface area contributed by atoms with Crippen LogP contribution in [0.3, 0.4) is 0 Å². The lowest BCUT2D eigenvalue weighted by Crippen LogP contribution is -2.50. The Balaban J connectivity index is 1.28. The second kappa shape index (κ2) is 10.9. The molecule has 1 heterocycles. The van der Waals surface area contributed by atoms with E-state index < -0.39 is 29.5 Å². The van der Waals surface area contributed by atoms with Crippen molar-refractivity contribution < 1.29 is 33.7 Å². The van der Waals surface area contributed by atoms with E-state index in [2.05, 4.69) is 22.8 Å². The number of alkyl carbamates (subject to hydrolysis) is 1. The van der Waals surface area contributed by atoms with Gasteiger partial charge in [-0.3, -0.25) is 9.59 Å². The minimum Gasteiger partial charge on any atom is -0.481 e. The lowest BCUT2D eigenvalue weighted by Gasteiger charge is -2.33. The Morgan fingerprint density at radius 3 is 2.20 bits per heavy atom. The summed E-state index contributed by atoms with van der Waals surface area (Å²) in [5.41, 5.74) is 3.42. The first-order valence-electron chi connectivity index (χ1n) is 11.7. The predicted octanol–water partition coefficient (Wildman–Crippen LogP) is 2.54. The molecular weight excluding hydrogens is 452 g/mol. The minimum atomic E-state index is -1.06. The fourth-order valence-electron chi connectivity index (χ4n) is 4.71. The van der Waals surface area contributed by atoms with E-state index in [0.717, 1.165) is 22.3 Å². The Hall–Kier alpha value is -3.43. The average Bonchev–Trinajstić information content (AvgIpc) is 3.20. The maximum atomic E-state index is 12.6. The van der Waals surface area contributed by atoms with Crippen molar-refractivity contribution in [3.05, 3.63) is 59.7 Å². The van der Waals surface area contributed by atoms with Gasteiger partial charge in [0, 0.05) is 32.8 Å². The molecule has 1 fully saturated rings. The summed E-state index contributed by atoms with van der Waals surface area (Å²) in [6.45, 7) is 0.683. The molecule has 0 spiro atoms. The first-order valence-corrected chi connectivity index (χ1v) is 11.7. The number of carboxylic acid groups (broad SMARTS) is 1. The van der Waals surface area contributed by atoms with E-state index in [0.29, 0.717) is 26.1 Å². The summed E-state index contributed by atoms with van der Waals surface area (Å²) in [5, 5.41) is 14.9. The molecule has 186 valence electrons. The number of hydrogen-bond donors (Lipinski definition) is 3. The smallest absolute Gasteiger partial charge is 0.407 e. The van der Waals surface area contributed by atoms with E-state index >= 15 is 0 Å². The Labute approximate surface area is 203 Å². The van der Waals surface area contributed by atoms with Crippen molar-refractivity contribution in [1.82, 2.24) is 10.6 Å². The van der Waals surface area contributed by atoms with E-state index in [1.807, 2.05) is 36.4 Å². The van der Waals surface area contributed by atoms with Crippen molar-refractivity contribution in [2.24, 2.45) is 5.41 Å². The Bertz CT molecular complexity index is 1040. The molecule has 1 unspecified atom stereocenters. The molecule has 0 aromatic heterocycles. The fourth-order valence-corrected chi connectivity index (χ4v) is 4.71. The number of rotatable bonds is 9. The van der Waals surface area contributed by atoms with Gasteiger partial charge in [-0.05, 0) is 35.1 Å². The molecule has 1 aliphatic carbocycles. The van der Waals surface area contributed by atoms with Crippen molar-refractivity contribution in [3.63, 3.8) is 0 Å². The van der Waals surface area contributed by atoms with Crippen LogP contribution in [-0.2, 0) is 23.8 Å². The number of aliphatic carboxylic acids is 1. The van der Waals surface area contributed by atoms with E-state index in [1.54, 1.807) is 0 Å². The van der Waals surface area contributed by atoms with Gasteiger partial charge in [-0.15, -0.1) is 0 Å². The summed E-state index contributed by atoms with van der Waals surface area (Å²) < 4.78 is 16.0. The molecule has 9 heteroatoms. The molecule has 9 nitrogen and oxygen atoms in total. The summed E-state index contributed by atoms with van der Waals surface area (Å²) >= 11 is 0. The summed E-state index contributed by atoms with van der Waals surface area (Å²) in [6.07, 6.45) is -1.01. The zero-order valence-electron chi connectivity index (χ0n) is 19.6. The first kappa shape index (κ1) is 24.7. The third-order valence-corrected chi connectivity index (χ3v) is 6.86. The van der Waals surface area contributed by atoms with E-state index in [9.17, 15) is 19.5 Å². The Morgan fingerprint density at radius 2 is 1.63 bits per heavy atom. The maximum absolute atomic E-state index is 12.6. The molecule has 0 bridgehead atoms. The summed E-state index contributed by atoms with van der Waals surface area (Å²) in [4.78, 5) is 36.8. The number of fused-ring (bicyclic) bond motifs is 3. The molecule has 0 saturated carbocycles. The maximum Gasteiger partial charge on any atom is 0.407 e. The lowest BCUT2D eigenvalue weighted by atomic mass is 9.80. The van der Waals surface area contributed by atoms with Gasteiger partial charge in [0.15, 0.2) is 6.10 Å². The van der Waals surface area contributed by atoms with Gasteiger partial charge in [-0.2, -0.15) is 0 Å².